The van der Waals surface area contributed by atoms with Crippen molar-refractivity contribution in [1.29, 1.82) is 0 Å². The average Bonchev–Trinajstić information content (AvgIpc) is 2.67. The van der Waals surface area contributed by atoms with E-state index in [-0.39, 0.29) is 16.6 Å². The first-order valence-electron chi connectivity index (χ1n) is 11.1. The summed E-state index contributed by atoms with van der Waals surface area (Å²) in [6, 6.07) is 14.8. The van der Waals surface area contributed by atoms with Gasteiger partial charge in [0.2, 0.25) is 0 Å². The van der Waals surface area contributed by atoms with Gasteiger partial charge in [-0.2, -0.15) is 5.10 Å². The molecule has 1 fully saturated rings. The van der Waals surface area contributed by atoms with Crippen LogP contribution in [-0.4, -0.2) is 37.4 Å². The van der Waals surface area contributed by atoms with E-state index in [4.69, 9.17) is 5.10 Å². The maximum Gasteiger partial charge on any atom is 0.103 e. The van der Waals surface area contributed by atoms with E-state index in [2.05, 4.69) is 76.9 Å². The lowest BCUT2D eigenvalue weighted by molar-refractivity contribution is -0.918. The summed E-state index contributed by atoms with van der Waals surface area (Å²) in [5.41, 5.74) is 3.78. The fourth-order valence-electron chi connectivity index (χ4n) is 3.98. The van der Waals surface area contributed by atoms with Gasteiger partial charge in [-0.05, 0) is 27.5 Å². The zero-order valence-corrected chi connectivity index (χ0v) is 19.5. The second-order valence-corrected chi connectivity index (χ2v) is 10.6. The molecule has 0 saturated carbocycles. The van der Waals surface area contributed by atoms with Crippen LogP contribution in [0, 0.1) is 0 Å². The van der Waals surface area contributed by atoms with Crippen molar-refractivity contribution < 1.29 is 10.0 Å². The summed E-state index contributed by atoms with van der Waals surface area (Å²) < 4.78 is 0. The molecule has 1 aliphatic rings. The van der Waals surface area contributed by atoms with Gasteiger partial charge in [0.1, 0.15) is 6.54 Å². The van der Waals surface area contributed by atoms with E-state index in [9.17, 15) is 5.11 Å². The van der Waals surface area contributed by atoms with Gasteiger partial charge in [-0.15, -0.1) is 5.75 Å². The molecule has 4 nitrogen and oxygen atoms in total. The monoisotopic (exact) mass is 407 g/mol. The predicted octanol–water partition coefficient (Wildman–Crippen LogP) is 3.09. The number of hydrogen-bond acceptors (Lipinski definition) is 3. The lowest BCUT2D eigenvalue weighted by atomic mass is 9.78. The molecule has 0 spiro atoms. The molecule has 1 saturated heterocycles. The van der Waals surface area contributed by atoms with Crippen molar-refractivity contribution in [3.63, 3.8) is 0 Å². The van der Waals surface area contributed by atoms with E-state index in [1.54, 1.807) is 4.90 Å². The van der Waals surface area contributed by atoms with Gasteiger partial charge in [-0.25, -0.2) is 0 Å². The Morgan fingerprint density at radius 3 is 1.97 bits per heavy atom. The highest BCUT2D eigenvalue weighted by molar-refractivity contribution is 5.81. The smallest absolute Gasteiger partial charge is 0.103 e. The van der Waals surface area contributed by atoms with E-state index in [0.29, 0.717) is 0 Å². The minimum absolute atomic E-state index is 0.172. The summed E-state index contributed by atoms with van der Waals surface area (Å²) in [7, 11) is 0. The molecule has 2 aromatic rings. The lowest BCUT2D eigenvalue weighted by Crippen LogP contribution is -3.13. The van der Waals surface area contributed by atoms with Crippen LogP contribution in [0.15, 0.2) is 47.6 Å². The average molecular weight is 408 g/mol. The first-order chi connectivity index (χ1) is 14.0. The van der Waals surface area contributed by atoms with Crippen molar-refractivity contribution >= 4 is 6.21 Å². The summed E-state index contributed by atoms with van der Waals surface area (Å²) in [5, 5.41) is 20.0. The van der Waals surface area contributed by atoms with Gasteiger partial charge in [0.15, 0.2) is 0 Å². The normalized spacial score (nSPS) is 16.4. The molecule has 0 unspecified atom stereocenters. The molecule has 1 aliphatic heterocycles. The third kappa shape index (κ3) is 5.63. The van der Waals surface area contributed by atoms with Crippen LogP contribution in [-0.2, 0) is 17.4 Å². The third-order valence-electron chi connectivity index (χ3n) is 5.84. The molecule has 4 heteroatoms. The molecule has 30 heavy (non-hydrogen) atoms. The molecular weight excluding hydrogens is 370 g/mol. The second kappa shape index (κ2) is 8.81. The number of rotatable bonds is 4. The molecule has 1 N–H and O–H groups in total. The van der Waals surface area contributed by atoms with Gasteiger partial charge in [0, 0.05) is 5.56 Å². The minimum atomic E-state index is -0.187. The van der Waals surface area contributed by atoms with Gasteiger partial charge in [0.05, 0.1) is 32.4 Å². The number of quaternary nitrogens is 1. The van der Waals surface area contributed by atoms with Crippen LogP contribution in [0.2, 0.25) is 0 Å². The highest BCUT2D eigenvalue weighted by atomic mass is 16.3. The summed E-state index contributed by atoms with van der Waals surface area (Å²) in [6.07, 6.45) is 1.94. The Hall–Kier alpha value is -2.33. The Kier molecular flexibility index (Phi) is 6.56. The van der Waals surface area contributed by atoms with Crippen molar-refractivity contribution in [3.8, 4) is 5.75 Å². The molecule has 3 rings (SSSR count). The van der Waals surface area contributed by atoms with E-state index in [0.717, 1.165) is 49.4 Å². The summed E-state index contributed by atoms with van der Waals surface area (Å²) in [5.74, 6) is 0.172. The zero-order chi connectivity index (χ0) is 21.9. The quantitative estimate of drug-likeness (QED) is 0.792. The second-order valence-electron chi connectivity index (χ2n) is 10.6. The van der Waals surface area contributed by atoms with Crippen LogP contribution < -0.4 is 10.0 Å². The number of piperazine rings is 1. The molecule has 0 atom stereocenters. The van der Waals surface area contributed by atoms with Gasteiger partial charge >= 0.3 is 0 Å². The Balaban J connectivity index is 1.70. The van der Waals surface area contributed by atoms with Crippen molar-refractivity contribution in [2.75, 3.05) is 26.2 Å². The highest BCUT2D eigenvalue weighted by Crippen LogP contribution is 2.37. The van der Waals surface area contributed by atoms with Gasteiger partial charge < -0.3 is 10.0 Å². The molecular formula is C26H37N3O. The number of hydrogen-bond donors (Lipinski definition) is 1. The number of benzene rings is 2. The Morgan fingerprint density at radius 2 is 1.47 bits per heavy atom. The summed E-state index contributed by atoms with van der Waals surface area (Å²) in [6.45, 7) is 17.8. The highest BCUT2D eigenvalue weighted by Gasteiger charge is 2.22. The summed E-state index contributed by atoms with van der Waals surface area (Å²) in [4.78, 5) is 1.60. The largest absolute Gasteiger partial charge is 0.872 e. The molecule has 162 valence electrons. The van der Waals surface area contributed by atoms with Crippen molar-refractivity contribution in [3.05, 3.63) is 64.7 Å². The molecule has 0 bridgehead atoms. The van der Waals surface area contributed by atoms with Crippen LogP contribution in [0.5, 0.6) is 5.75 Å². The number of nitrogens with one attached hydrogen (secondary N) is 1. The fraction of sp³-hybridized carbons (Fsp3) is 0.500. The van der Waals surface area contributed by atoms with Crippen LogP contribution >= 0.6 is 0 Å². The first-order valence-corrected chi connectivity index (χ1v) is 11.1. The zero-order valence-electron chi connectivity index (χ0n) is 19.5. The molecule has 0 radical (unpaired) electrons. The van der Waals surface area contributed by atoms with Gasteiger partial charge in [-0.1, -0.05) is 84.0 Å². The Labute approximate surface area is 182 Å². The topological polar surface area (TPSA) is 43.1 Å². The van der Waals surface area contributed by atoms with Gasteiger partial charge in [-0.3, -0.25) is 5.01 Å². The predicted molar refractivity (Wildman–Crippen MR) is 123 cm³/mol. The van der Waals surface area contributed by atoms with Crippen LogP contribution in [0.4, 0.5) is 0 Å². The SMILES string of the molecule is CC(C)(C)c1cc(/C=N/N2CC[NH+](Cc3ccccc3)CC2)cc(C(C)(C)C)c1[O-]. The fourth-order valence-corrected chi connectivity index (χ4v) is 3.98. The van der Waals surface area contributed by atoms with E-state index < -0.39 is 0 Å². The lowest BCUT2D eigenvalue weighted by Gasteiger charge is -2.34. The summed E-state index contributed by atoms with van der Waals surface area (Å²) >= 11 is 0. The van der Waals surface area contributed by atoms with Crippen LogP contribution in [0.1, 0.15) is 63.8 Å². The minimum Gasteiger partial charge on any atom is -0.872 e. The molecule has 0 amide bonds. The molecule has 0 aliphatic carbocycles. The van der Waals surface area contributed by atoms with Gasteiger partial charge in [0.25, 0.3) is 0 Å². The van der Waals surface area contributed by atoms with E-state index >= 15 is 0 Å². The number of hydrazone groups is 1. The third-order valence-corrected chi connectivity index (χ3v) is 5.84. The maximum absolute atomic E-state index is 13.0. The standard InChI is InChI=1S/C26H37N3O/c1-25(2,3)22-16-21(17-23(24(22)30)26(4,5)6)18-27-29-14-12-28(13-15-29)19-20-10-8-7-9-11-20/h7-11,16-18,30H,12-15,19H2,1-6H3/b27-18+. The Bertz CT molecular complexity index is 832. The molecule has 0 aromatic heterocycles. The maximum atomic E-state index is 13.0. The van der Waals surface area contributed by atoms with Crippen molar-refractivity contribution in [2.24, 2.45) is 5.10 Å². The van der Waals surface area contributed by atoms with E-state index in [1.165, 1.54) is 5.56 Å². The first kappa shape index (κ1) is 22.4. The van der Waals surface area contributed by atoms with Crippen molar-refractivity contribution in [2.45, 2.75) is 58.9 Å². The van der Waals surface area contributed by atoms with Crippen LogP contribution in [0.3, 0.4) is 0 Å². The van der Waals surface area contributed by atoms with Crippen molar-refractivity contribution in [1.82, 2.24) is 5.01 Å². The van der Waals surface area contributed by atoms with E-state index in [1.807, 2.05) is 18.3 Å². The molecule has 2 aromatic carbocycles. The molecule has 1 heterocycles. The number of nitrogens with zero attached hydrogens (tertiary/aromatic N) is 2. The Morgan fingerprint density at radius 1 is 0.933 bits per heavy atom. The van der Waals surface area contributed by atoms with Crippen LogP contribution in [0.25, 0.3) is 0 Å².